The quantitative estimate of drug-likeness (QED) is 0.811. The van der Waals surface area contributed by atoms with Crippen molar-refractivity contribution in [3.8, 4) is 0 Å². The van der Waals surface area contributed by atoms with E-state index < -0.39 is 18.1 Å². The maximum atomic E-state index is 11.9. The van der Waals surface area contributed by atoms with E-state index in [9.17, 15) is 4.79 Å². The number of hydrogen-bond donors (Lipinski definition) is 2. The lowest BCUT2D eigenvalue weighted by Crippen LogP contribution is -2.42. The maximum Gasteiger partial charge on any atom is 0.325 e. The molecule has 2 rings (SSSR count). The summed E-state index contributed by atoms with van der Waals surface area (Å²) in [5, 5.41) is 0. The Hall–Kier alpha value is -2.17. The third-order valence-corrected chi connectivity index (χ3v) is 3.07. The van der Waals surface area contributed by atoms with Crippen LogP contribution in [0.15, 0.2) is 60.7 Å². The number of esters is 1. The van der Waals surface area contributed by atoms with Gasteiger partial charge in [-0.05, 0) is 11.1 Å². The minimum absolute atomic E-state index is 0.203. The third kappa shape index (κ3) is 3.66. The number of hydrogen-bond acceptors (Lipinski definition) is 4. The molecule has 104 valence electrons. The van der Waals surface area contributed by atoms with Crippen LogP contribution in [0.2, 0.25) is 0 Å². The molecular formula is C16H18N2O2. The van der Waals surface area contributed by atoms with Crippen LogP contribution in [0.1, 0.15) is 17.2 Å². The Morgan fingerprint density at radius 3 is 2.10 bits per heavy atom. The van der Waals surface area contributed by atoms with Gasteiger partial charge >= 0.3 is 5.97 Å². The maximum absolute atomic E-state index is 11.9. The van der Waals surface area contributed by atoms with Crippen molar-refractivity contribution in [2.24, 2.45) is 11.5 Å². The van der Waals surface area contributed by atoms with Crippen molar-refractivity contribution in [2.45, 2.75) is 18.7 Å². The van der Waals surface area contributed by atoms with Gasteiger partial charge in [-0.2, -0.15) is 0 Å². The Morgan fingerprint density at radius 2 is 1.50 bits per heavy atom. The van der Waals surface area contributed by atoms with Crippen LogP contribution in [0.3, 0.4) is 0 Å². The highest BCUT2D eigenvalue weighted by Gasteiger charge is 2.24. The molecule has 2 atom stereocenters. The van der Waals surface area contributed by atoms with Gasteiger partial charge in [0.2, 0.25) is 0 Å². The van der Waals surface area contributed by atoms with Crippen molar-refractivity contribution in [1.82, 2.24) is 0 Å². The van der Waals surface area contributed by atoms with Gasteiger partial charge in [-0.3, -0.25) is 4.79 Å². The summed E-state index contributed by atoms with van der Waals surface area (Å²) in [4.78, 5) is 11.9. The van der Waals surface area contributed by atoms with E-state index >= 15 is 0 Å². The van der Waals surface area contributed by atoms with E-state index in [2.05, 4.69) is 0 Å². The number of ether oxygens (including phenoxy) is 1. The van der Waals surface area contributed by atoms with Gasteiger partial charge in [0.25, 0.3) is 0 Å². The topological polar surface area (TPSA) is 78.3 Å². The number of nitrogens with two attached hydrogens (primary N) is 2. The van der Waals surface area contributed by atoms with E-state index in [1.165, 1.54) is 0 Å². The average Bonchev–Trinajstić information content (AvgIpc) is 2.53. The Balaban J connectivity index is 1.92. The van der Waals surface area contributed by atoms with Gasteiger partial charge in [-0.25, -0.2) is 0 Å². The Morgan fingerprint density at radius 1 is 0.950 bits per heavy atom. The number of rotatable bonds is 5. The third-order valence-electron chi connectivity index (χ3n) is 3.07. The van der Waals surface area contributed by atoms with Crippen LogP contribution in [0, 0.1) is 0 Å². The van der Waals surface area contributed by atoms with Crippen molar-refractivity contribution < 1.29 is 9.53 Å². The molecule has 0 saturated heterocycles. The predicted molar refractivity (Wildman–Crippen MR) is 77.6 cm³/mol. The van der Waals surface area contributed by atoms with Crippen LogP contribution < -0.4 is 11.5 Å². The smallest absolute Gasteiger partial charge is 0.325 e. The van der Waals surface area contributed by atoms with Crippen LogP contribution in [0.5, 0.6) is 0 Å². The minimum Gasteiger partial charge on any atom is -0.460 e. The molecule has 0 saturated carbocycles. The van der Waals surface area contributed by atoms with Crippen molar-refractivity contribution >= 4 is 5.97 Å². The van der Waals surface area contributed by atoms with E-state index in [0.717, 1.165) is 11.1 Å². The summed E-state index contributed by atoms with van der Waals surface area (Å²) in [5.74, 6) is -0.495. The van der Waals surface area contributed by atoms with E-state index in [1.54, 1.807) is 0 Å². The average molecular weight is 270 g/mol. The first kappa shape index (κ1) is 14.2. The second-order valence-corrected chi connectivity index (χ2v) is 4.56. The number of benzene rings is 2. The fraction of sp³-hybridized carbons (Fsp3) is 0.188. The molecule has 0 aromatic heterocycles. The predicted octanol–water partition coefficient (Wildman–Crippen LogP) is 1.76. The summed E-state index contributed by atoms with van der Waals surface area (Å²) in [6, 6.07) is 17.3. The van der Waals surface area contributed by atoms with Gasteiger partial charge < -0.3 is 16.2 Å². The lowest BCUT2D eigenvalue weighted by Gasteiger charge is -2.19. The molecule has 0 spiro atoms. The fourth-order valence-electron chi connectivity index (χ4n) is 1.85. The largest absolute Gasteiger partial charge is 0.460 e. The summed E-state index contributed by atoms with van der Waals surface area (Å²) >= 11 is 0. The molecule has 0 aliphatic rings. The van der Waals surface area contributed by atoms with E-state index in [0.29, 0.717) is 0 Å². The summed E-state index contributed by atoms with van der Waals surface area (Å²) in [6.07, 6.45) is 0. The van der Waals surface area contributed by atoms with Gasteiger partial charge in [0.1, 0.15) is 12.6 Å². The van der Waals surface area contributed by atoms with Crippen LogP contribution >= 0.6 is 0 Å². The zero-order chi connectivity index (χ0) is 14.4. The van der Waals surface area contributed by atoms with E-state index in [1.807, 2.05) is 60.7 Å². The zero-order valence-corrected chi connectivity index (χ0v) is 11.1. The molecule has 4 nitrogen and oxygen atoms in total. The van der Waals surface area contributed by atoms with Gasteiger partial charge in [0, 0.05) is 0 Å². The molecule has 0 fully saturated rings. The highest BCUT2D eigenvalue weighted by Crippen LogP contribution is 2.14. The highest BCUT2D eigenvalue weighted by atomic mass is 16.5. The molecule has 4 N–H and O–H groups in total. The first-order valence-electron chi connectivity index (χ1n) is 6.45. The van der Waals surface area contributed by atoms with E-state index in [4.69, 9.17) is 16.2 Å². The van der Waals surface area contributed by atoms with Gasteiger partial charge in [-0.15, -0.1) is 0 Å². The van der Waals surface area contributed by atoms with E-state index in [-0.39, 0.29) is 6.61 Å². The molecule has 2 aromatic rings. The molecule has 0 amide bonds. The second-order valence-electron chi connectivity index (χ2n) is 4.56. The van der Waals surface area contributed by atoms with Gasteiger partial charge in [0.15, 0.2) is 0 Å². The van der Waals surface area contributed by atoms with Crippen molar-refractivity contribution in [3.05, 3.63) is 71.8 Å². The molecular weight excluding hydrogens is 252 g/mol. The summed E-state index contributed by atoms with van der Waals surface area (Å²) < 4.78 is 5.19. The Labute approximate surface area is 118 Å². The van der Waals surface area contributed by atoms with Crippen LogP contribution in [0.25, 0.3) is 0 Å². The molecule has 0 aliphatic heterocycles. The molecule has 1 unspecified atom stereocenters. The Bertz CT molecular complexity index is 543. The van der Waals surface area contributed by atoms with Crippen molar-refractivity contribution in [1.29, 1.82) is 0 Å². The zero-order valence-electron chi connectivity index (χ0n) is 11.1. The fourth-order valence-corrected chi connectivity index (χ4v) is 1.85. The van der Waals surface area contributed by atoms with Gasteiger partial charge in [-0.1, -0.05) is 60.7 Å². The first-order valence-corrected chi connectivity index (χ1v) is 6.45. The summed E-state index contributed by atoms with van der Waals surface area (Å²) in [5.41, 5.74) is 13.6. The first-order chi connectivity index (χ1) is 9.68. The molecule has 0 bridgehead atoms. The lowest BCUT2D eigenvalue weighted by atomic mass is 10.0. The van der Waals surface area contributed by atoms with Crippen LogP contribution in [-0.2, 0) is 16.1 Å². The molecule has 0 radical (unpaired) electrons. The monoisotopic (exact) mass is 270 g/mol. The minimum atomic E-state index is -0.874. The standard InChI is InChI=1S/C16H18N2O2/c17-14(13-9-5-2-6-10-13)15(18)16(19)20-11-12-7-3-1-4-8-12/h1-10,14-15H,11,17-18H2/t14-,15?/m0/s1. The Kier molecular flexibility index (Phi) is 4.87. The lowest BCUT2D eigenvalue weighted by molar-refractivity contribution is -0.147. The van der Waals surface area contributed by atoms with Gasteiger partial charge in [0.05, 0.1) is 6.04 Å². The number of carbonyl (C=O) groups is 1. The molecule has 0 heterocycles. The molecule has 20 heavy (non-hydrogen) atoms. The van der Waals surface area contributed by atoms with Crippen molar-refractivity contribution in [3.63, 3.8) is 0 Å². The number of carbonyl (C=O) groups excluding carboxylic acids is 1. The SMILES string of the molecule is NC(C(=O)OCc1ccccc1)[C@@H](N)c1ccccc1. The molecule has 2 aromatic carbocycles. The highest BCUT2D eigenvalue weighted by molar-refractivity contribution is 5.76. The normalized spacial score (nSPS) is 13.5. The van der Waals surface area contributed by atoms with Crippen molar-refractivity contribution in [2.75, 3.05) is 0 Å². The summed E-state index contributed by atoms with van der Waals surface area (Å²) in [7, 11) is 0. The van der Waals surface area contributed by atoms with Crippen LogP contribution in [-0.4, -0.2) is 12.0 Å². The molecule has 0 aliphatic carbocycles. The molecule has 4 heteroatoms. The second kappa shape index (κ2) is 6.84. The van der Waals surface area contributed by atoms with Crippen LogP contribution in [0.4, 0.5) is 0 Å². The summed E-state index contributed by atoms with van der Waals surface area (Å²) in [6.45, 7) is 0.203.